The van der Waals surface area contributed by atoms with Gasteiger partial charge in [0.1, 0.15) is 0 Å². The maximum absolute atomic E-state index is 12.8. The van der Waals surface area contributed by atoms with Gasteiger partial charge in [-0.15, -0.1) is 11.3 Å². The van der Waals surface area contributed by atoms with Gasteiger partial charge in [-0.3, -0.25) is 9.78 Å². The van der Waals surface area contributed by atoms with E-state index in [0.29, 0.717) is 6.42 Å². The first-order valence-corrected chi connectivity index (χ1v) is 12.2. The van der Waals surface area contributed by atoms with E-state index in [1.54, 1.807) is 29.3 Å². The molecule has 0 bridgehead atoms. The van der Waals surface area contributed by atoms with Crippen molar-refractivity contribution in [2.75, 3.05) is 13.1 Å². The topological polar surface area (TPSA) is 59.0 Å². The normalized spacial score (nSPS) is 16.6. The fourth-order valence-corrected chi connectivity index (χ4v) is 5.29. The Morgan fingerprint density at radius 2 is 2.23 bits per heavy atom. The molecule has 156 valence electrons. The molecule has 0 unspecified atom stereocenters. The van der Waals surface area contributed by atoms with Gasteiger partial charge in [0, 0.05) is 54.6 Å². The van der Waals surface area contributed by atoms with Gasteiger partial charge in [-0.05, 0) is 54.8 Å². The molecule has 0 aliphatic carbocycles. The minimum absolute atomic E-state index is 0.256. The second-order valence-electron chi connectivity index (χ2n) is 7.63. The Morgan fingerprint density at radius 1 is 1.30 bits per heavy atom. The Hall–Kier alpha value is -2.25. The maximum atomic E-state index is 12.8. The van der Waals surface area contributed by atoms with E-state index in [1.807, 2.05) is 29.4 Å². The molecule has 3 aromatic heterocycles. The van der Waals surface area contributed by atoms with Crippen LogP contribution < -0.4 is 0 Å². The number of amides is 1. The first kappa shape index (κ1) is 21.0. The van der Waals surface area contributed by atoms with Crippen LogP contribution in [0.3, 0.4) is 0 Å². The number of piperidine rings is 1. The summed E-state index contributed by atoms with van der Waals surface area (Å²) >= 11 is 3.35. The van der Waals surface area contributed by atoms with Crippen LogP contribution in [0, 0.1) is 6.92 Å². The molecule has 0 saturated carbocycles. The molecule has 5 nitrogen and oxygen atoms in total. The van der Waals surface area contributed by atoms with Gasteiger partial charge in [0.25, 0.3) is 0 Å². The molecule has 0 spiro atoms. The van der Waals surface area contributed by atoms with Crippen LogP contribution in [0.4, 0.5) is 0 Å². The van der Waals surface area contributed by atoms with Crippen LogP contribution in [-0.4, -0.2) is 38.8 Å². The van der Waals surface area contributed by atoms with E-state index >= 15 is 0 Å². The van der Waals surface area contributed by atoms with Gasteiger partial charge in [-0.2, -0.15) is 0 Å². The third kappa shape index (κ3) is 5.46. The summed E-state index contributed by atoms with van der Waals surface area (Å²) < 4.78 is 0. The first-order valence-electron chi connectivity index (χ1n) is 10.3. The third-order valence-corrected chi connectivity index (χ3v) is 7.27. The number of aryl methyl sites for hydroxylation is 2. The summed E-state index contributed by atoms with van der Waals surface area (Å²) in [6.07, 6.45) is 9.09. The number of carbonyl (C=O) groups is 1. The van der Waals surface area contributed by atoms with E-state index in [1.165, 1.54) is 4.88 Å². The fraction of sp³-hybridized carbons (Fsp3) is 0.391. The van der Waals surface area contributed by atoms with Gasteiger partial charge in [0.05, 0.1) is 5.69 Å². The minimum Gasteiger partial charge on any atom is -0.342 e. The van der Waals surface area contributed by atoms with Gasteiger partial charge in [-0.1, -0.05) is 23.9 Å². The quantitative estimate of drug-likeness (QED) is 0.389. The standard InChI is InChI=1S/C23H26N4OS2/c1-17-13-25-23(30-16-18-5-2-10-24-14-18)26-22(17)19-6-3-11-27(15-19)21(28)9-8-20-7-4-12-29-20/h2,4-5,7,10,12-14,19H,3,6,8-9,11,15-16H2,1H3/t19-/m0/s1. The van der Waals surface area contributed by atoms with Crippen molar-refractivity contribution in [2.45, 2.75) is 49.4 Å². The van der Waals surface area contributed by atoms with Crippen LogP contribution in [0.2, 0.25) is 0 Å². The summed E-state index contributed by atoms with van der Waals surface area (Å²) in [6, 6.07) is 8.16. The van der Waals surface area contributed by atoms with Crippen LogP contribution in [0.25, 0.3) is 0 Å². The molecule has 1 aliphatic heterocycles. The zero-order valence-corrected chi connectivity index (χ0v) is 18.8. The van der Waals surface area contributed by atoms with E-state index in [-0.39, 0.29) is 11.8 Å². The smallest absolute Gasteiger partial charge is 0.222 e. The number of thiophene rings is 1. The van der Waals surface area contributed by atoms with E-state index in [0.717, 1.165) is 60.1 Å². The van der Waals surface area contributed by atoms with Crippen molar-refractivity contribution in [3.63, 3.8) is 0 Å². The van der Waals surface area contributed by atoms with Crippen molar-refractivity contribution in [2.24, 2.45) is 0 Å². The van der Waals surface area contributed by atoms with E-state index < -0.39 is 0 Å². The predicted molar refractivity (Wildman–Crippen MR) is 122 cm³/mol. The molecule has 1 fully saturated rings. The van der Waals surface area contributed by atoms with Crippen molar-refractivity contribution in [3.8, 4) is 0 Å². The molecule has 4 heterocycles. The number of thioether (sulfide) groups is 1. The average molecular weight is 439 g/mol. The number of aromatic nitrogens is 3. The Labute approximate surface area is 186 Å². The molecule has 0 radical (unpaired) electrons. The van der Waals surface area contributed by atoms with Gasteiger partial charge >= 0.3 is 0 Å². The fourth-order valence-electron chi connectivity index (χ4n) is 3.82. The molecule has 30 heavy (non-hydrogen) atoms. The number of hydrogen-bond donors (Lipinski definition) is 0. The summed E-state index contributed by atoms with van der Waals surface area (Å²) in [5.74, 6) is 1.34. The zero-order valence-electron chi connectivity index (χ0n) is 17.2. The number of pyridine rings is 1. The lowest BCUT2D eigenvalue weighted by atomic mass is 9.92. The van der Waals surface area contributed by atoms with Gasteiger partial charge in [0.2, 0.25) is 5.91 Å². The Bertz CT molecular complexity index is 963. The van der Waals surface area contributed by atoms with E-state index in [4.69, 9.17) is 4.98 Å². The van der Waals surface area contributed by atoms with Crippen molar-refractivity contribution < 1.29 is 4.79 Å². The lowest BCUT2D eigenvalue weighted by Crippen LogP contribution is -2.39. The van der Waals surface area contributed by atoms with Crippen molar-refractivity contribution >= 4 is 29.0 Å². The summed E-state index contributed by atoms with van der Waals surface area (Å²) in [5.41, 5.74) is 3.36. The summed E-state index contributed by atoms with van der Waals surface area (Å²) in [5, 5.41) is 2.86. The number of nitrogens with zero attached hydrogens (tertiary/aromatic N) is 4. The lowest BCUT2D eigenvalue weighted by molar-refractivity contribution is -0.132. The highest BCUT2D eigenvalue weighted by Gasteiger charge is 2.27. The first-order chi connectivity index (χ1) is 14.7. The van der Waals surface area contributed by atoms with Crippen LogP contribution in [0.5, 0.6) is 0 Å². The molecule has 0 aromatic carbocycles. The minimum atomic E-state index is 0.256. The monoisotopic (exact) mass is 438 g/mol. The molecule has 1 atom stereocenters. The third-order valence-electron chi connectivity index (χ3n) is 5.41. The SMILES string of the molecule is Cc1cnc(SCc2cccnc2)nc1[C@H]1CCCN(C(=O)CCc2cccs2)C1. The highest BCUT2D eigenvalue weighted by atomic mass is 32.2. The molecule has 1 amide bonds. The van der Waals surface area contributed by atoms with E-state index in [2.05, 4.69) is 34.4 Å². The van der Waals surface area contributed by atoms with Crippen LogP contribution in [0.15, 0.2) is 53.4 Å². The van der Waals surface area contributed by atoms with Crippen molar-refractivity contribution in [1.29, 1.82) is 0 Å². The van der Waals surface area contributed by atoms with Crippen LogP contribution in [0.1, 0.15) is 46.9 Å². The molecule has 4 rings (SSSR count). The average Bonchev–Trinajstić information content (AvgIpc) is 3.31. The van der Waals surface area contributed by atoms with Crippen LogP contribution in [-0.2, 0) is 17.0 Å². The number of hydrogen-bond acceptors (Lipinski definition) is 6. The van der Waals surface area contributed by atoms with Gasteiger partial charge < -0.3 is 4.90 Å². The summed E-state index contributed by atoms with van der Waals surface area (Å²) in [4.78, 5) is 29.6. The van der Waals surface area contributed by atoms with Crippen LogP contribution >= 0.6 is 23.1 Å². The Morgan fingerprint density at radius 3 is 3.03 bits per heavy atom. The Kier molecular flexibility index (Phi) is 7.12. The van der Waals surface area contributed by atoms with E-state index in [9.17, 15) is 4.79 Å². The second-order valence-corrected chi connectivity index (χ2v) is 9.60. The summed E-state index contributed by atoms with van der Waals surface area (Å²) in [7, 11) is 0. The Balaban J connectivity index is 1.39. The lowest BCUT2D eigenvalue weighted by Gasteiger charge is -2.33. The molecule has 3 aromatic rings. The highest BCUT2D eigenvalue weighted by Crippen LogP contribution is 2.30. The maximum Gasteiger partial charge on any atom is 0.222 e. The van der Waals surface area contributed by atoms with Crippen molar-refractivity contribution in [3.05, 3.63) is 69.9 Å². The predicted octanol–water partition coefficient (Wildman–Crippen LogP) is 4.87. The number of carbonyl (C=O) groups excluding carboxylic acids is 1. The molecule has 7 heteroatoms. The highest BCUT2D eigenvalue weighted by molar-refractivity contribution is 7.98. The molecular formula is C23H26N4OS2. The molecular weight excluding hydrogens is 412 g/mol. The largest absolute Gasteiger partial charge is 0.342 e. The number of likely N-dealkylation sites (tertiary alicyclic amines) is 1. The number of rotatable bonds is 7. The zero-order chi connectivity index (χ0) is 20.8. The van der Waals surface area contributed by atoms with Crippen molar-refractivity contribution in [1.82, 2.24) is 19.9 Å². The second kappa shape index (κ2) is 10.2. The van der Waals surface area contributed by atoms with Gasteiger partial charge in [-0.25, -0.2) is 9.97 Å². The molecule has 1 aliphatic rings. The molecule has 0 N–H and O–H groups in total. The summed E-state index contributed by atoms with van der Waals surface area (Å²) in [6.45, 7) is 3.68. The van der Waals surface area contributed by atoms with Gasteiger partial charge in [0.15, 0.2) is 5.16 Å². The molecule has 1 saturated heterocycles.